The van der Waals surface area contributed by atoms with Crippen LogP contribution in [-0.2, 0) is 11.3 Å². The molecule has 0 saturated heterocycles. The van der Waals surface area contributed by atoms with E-state index >= 15 is 0 Å². The van der Waals surface area contributed by atoms with Crippen LogP contribution in [0.15, 0.2) is 42.6 Å². The molecule has 1 heterocycles. The highest BCUT2D eigenvalue weighted by molar-refractivity contribution is 5.91. The van der Waals surface area contributed by atoms with Gasteiger partial charge in [-0.1, -0.05) is 55.3 Å². The van der Waals surface area contributed by atoms with E-state index in [1.165, 1.54) is 24.8 Å². The molecule has 0 bridgehead atoms. The van der Waals surface area contributed by atoms with Crippen LogP contribution in [0, 0.1) is 5.92 Å². The van der Waals surface area contributed by atoms with Crippen molar-refractivity contribution in [2.75, 3.05) is 0 Å². The van der Waals surface area contributed by atoms with Crippen molar-refractivity contribution in [3.05, 3.63) is 53.9 Å². The number of rotatable bonds is 5. The summed E-state index contributed by atoms with van der Waals surface area (Å²) in [7, 11) is 0. The van der Waals surface area contributed by atoms with Gasteiger partial charge in [0.05, 0.1) is 12.7 Å². The maximum Gasteiger partial charge on any atom is 0.244 e. The summed E-state index contributed by atoms with van der Waals surface area (Å²) in [6.45, 7) is 2.89. The number of aromatic nitrogens is 3. The lowest BCUT2D eigenvalue weighted by Crippen LogP contribution is -2.40. The lowest BCUT2D eigenvalue weighted by atomic mass is 9.86. The topological polar surface area (TPSA) is 59.8 Å². The predicted octanol–water partition coefficient (Wildman–Crippen LogP) is 3.03. The SMILES string of the molecule is C[C@H]1CCCC[C@@H]1NC(=O)/C=C/c1cn(Cc2ccccc2)nn1. The van der Waals surface area contributed by atoms with Gasteiger partial charge in [-0.15, -0.1) is 5.10 Å². The van der Waals surface area contributed by atoms with E-state index < -0.39 is 0 Å². The molecule has 2 aromatic rings. The second kappa shape index (κ2) is 7.90. The third kappa shape index (κ3) is 4.54. The number of hydrogen-bond acceptors (Lipinski definition) is 3. The summed E-state index contributed by atoms with van der Waals surface area (Å²) in [5.41, 5.74) is 1.86. The summed E-state index contributed by atoms with van der Waals surface area (Å²) < 4.78 is 1.77. The molecule has 1 aliphatic carbocycles. The van der Waals surface area contributed by atoms with Crippen molar-refractivity contribution < 1.29 is 4.79 Å². The van der Waals surface area contributed by atoms with Crippen molar-refractivity contribution in [1.29, 1.82) is 0 Å². The molecule has 0 spiro atoms. The summed E-state index contributed by atoms with van der Waals surface area (Å²) in [6, 6.07) is 10.4. The zero-order valence-corrected chi connectivity index (χ0v) is 14.1. The Bertz CT molecular complexity index is 692. The minimum Gasteiger partial charge on any atom is -0.350 e. The zero-order chi connectivity index (χ0) is 16.8. The molecule has 1 fully saturated rings. The highest BCUT2D eigenvalue weighted by Crippen LogP contribution is 2.23. The second-order valence-electron chi connectivity index (χ2n) is 6.54. The van der Waals surface area contributed by atoms with Gasteiger partial charge < -0.3 is 5.32 Å². The first-order valence-corrected chi connectivity index (χ1v) is 8.63. The van der Waals surface area contributed by atoms with E-state index in [1.807, 2.05) is 24.4 Å². The third-order valence-electron chi connectivity index (χ3n) is 4.59. The normalized spacial score (nSPS) is 21.0. The van der Waals surface area contributed by atoms with Crippen LogP contribution in [0.1, 0.15) is 43.9 Å². The number of carbonyl (C=O) groups excluding carboxylic acids is 1. The van der Waals surface area contributed by atoms with Gasteiger partial charge in [-0.2, -0.15) is 0 Å². The van der Waals surface area contributed by atoms with Gasteiger partial charge in [0.15, 0.2) is 0 Å². The molecule has 0 radical (unpaired) electrons. The largest absolute Gasteiger partial charge is 0.350 e. The highest BCUT2D eigenvalue weighted by atomic mass is 16.1. The maximum atomic E-state index is 12.1. The third-order valence-corrected chi connectivity index (χ3v) is 4.59. The van der Waals surface area contributed by atoms with Crippen molar-refractivity contribution in [3.63, 3.8) is 0 Å². The van der Waals surface area contributed by atoms with Crippen molar-refractivity contribution >= 4 is 12.0 Å². The average molecular weight is 324 g/mol. The summed E-state index contributed by atoms with van der Waals surface area (Å²) in [5.74, 6) is 0.509. The van der Waals surface area contributed by atoms with Gasteiger partial charge in [0.25, 0.3) is 0 Å². The van der Waals surface area contributed by atoms with E-state index in [0.29, 0.717) is 24.2 Å². The molecule has 1 aromatic carbocycles. The van der Waals surface area contributed by atoms with Crippen molar-refractivity contribution in [2.24, 2.45) is 5.92 Å². The molecule has 5 nitrogen and oxygen atoms in total. The molecule has 0 aliphatic heterocycles. The Morgan fingerprint density at radius 2 is 2.08 bits per heavy atom. The number of carbonyl (C=O) groups is 1. The van der Waals surface area contributed by atoms with Gasteiger partial charge in [-0.25, -0.2) is 4.68 Å². The van der Waals surface area contributed by atoms with Crippen LogP contribution in [0.4, 0.5) is 0 Å². The maximum absolute atomic E-state index is 12.1. The summed E-state index contributed by atoms with van der Waals surface area (Å²) in [6.07, 6.45) is 9.87. The molecular formula is C19H24N4O. The van der Waals surface area contributed by atoms with Gasteiger partial charge in [0.2, 0.25) is 5.91 Å². The zero-order valence-electron chi connectivity index (χ0n) is 14.1. The number of amides is 1. The number of benzene rings is 1. The highest BCUT2D eigenvalue weighted by Gasteiger charge is 2.21. The van der Waals surface area contributed by atoms with E-state index in [0.717, 1.165) is 6.42 Å². The van der Waals surface area contributed by atoms with Gasteiger partial charge >= 0.3 is 0 Å². The molecule has 1 aliphatic rings. The minimum absolute atomic E-state index is 0.0497. The smallest absolute Gasteiger partial charge is 0.244 e. The first kappa shape index (κ1) is 16.4. The monoisotopic (exact) mass is 324 g/mol. The molecule has 0 unspecified atom stereocenters. The minimum atomic E-state index is -0.0497. The Morgan fingerprint density at radius 1 is 1.29 bits per heavy atom. The lowest BCUT2D eigenvalue weighted by molar-refractivity contribution is -0.117. The van der Waals surface area contributed by atoms with Gasteiger partial charge in [0, 0.05) is 12.1 Å². The fourth-order valence-electron chi connectivity index (χ4n) is 3.16. The Hall–Kier alpha value is -2.43. The molecule has 1 amide bonds. The molecule has 5 heteroatoms. The van der Waals surface area contributed by atoms with E-state index in [2.05, 4.69) is 34.7 Å². The van der Waals surface area contributed by atoms with E-state index in [9.17, 15) is 4.79 Å². The lowest BCUT2D eigenvalue weighted by Gasteiger charge is -2.29. The van der Waals surface area contributed by atoms with Gasteiger partial charge in [-0.3, -0.25) is 4.79 Å². The Labute approximate surface area is 142 Å². The number of nitrogens with one attached hydrogen (secondary N) is 1. The van der Waals surface area contributed by atoms with Crippen molar-refractivity contribution in [3.8, 4) is 0 Å². The van der Waals surface area contributed by atoms with Crippen LogP contribution < -0.4 is 5.32 Å². The molecule has 2 atom stereocenters. The van der Waals surface area contributed by atoms with Crippen LogP contribution in [0.25, 0.3) is 6.08 Å². The van der Waals surface area contributed by atoms with Gasteiger partial charge in [-0.05, 0) is 30.4 Å². The number of hydrogen-bond donors (Lipinski definition) is 1. The fourth-order valence-corrected chi connectivity index (χ4v) is 3.16. The molecular weight excluding hydrogens is 300 g/mol. The van der Waals surface area contributed by atoms with E-state index in [-0.39, 0.29) is 5.91 Å². The quantitative estimate of drug-likeness (QED) is 0.860. The van der Waals surface area contributed by atoms with Crippen LogP contribution in [0.3, 0.4) is 0 Å². The fraction of sp³-hybridized carbons (Fsp3) is 0.421. The Kier molecular flexibility index (Phi) is 5.41. The van der Waals surface area contributed by atoms with Gasteiger partial charge in [0.1, 0.15) is 5.69 Å². The summed E-state index contributed by atoms with van der Waals surface area (Å²) >= 11 is 0. The standard InChI is InChI=1S/C19H24N4O/c1-15-7-5-6-10-18(15)20-19(24)12-11-17-14-23(22-21-17)13-16-8-3-2-4-9-16/h2-4,8-9,11-12,14-15,18H,5-7,10,13H2,1H3,(H,20,24)/b12-11+/t15-,18-/m0/s1. The first-order valence-electron chi connectivity index (χ1n) is 8.63. The Morgan fingerprint density at radius 3 is 2.88 bits per heavy atom. The molecule has 1 aromatic heterocycles. The average Bonchev–Trinajstić information content (AvgIpc) is 3.03. The van der Waals surface area contributed by atoms with Crippen LogP contribution in [0.5, 0.6) is 0 Å². The summed E-state index contributed by atoms with van der Waals surface area (Å²) in [4.78, 5) is 12.1. The second-order valence-corrected chi connectivity index (χ2v) is 6.54. The molecule has 24 heavy (non-hydrogen) atoms. The van der Waals surface area contributed by atoms with E-state index in [4.69, 9.17) is 0 Å². The molecule has 1 saturated carbocycles. The van der Waals surface area contributed by atoms with Crippen LogP contribution in [0.2, 0.25) is 0 Å². The molecule has 126 valence electrons. The molecule has 3 rings (SSSR count). The Balaban J connectivity index is 1.53. The van der Waals surface area contributed by atoms with E-state index in [1.54, 1.807) is 16.8 Å². The number of nitrogens with zero attached hydrogens (tertiary/aromatic N) is 3. The van der Waals surface area contributed by atoms with Crippen LogP contribution in [-0.4, -0.2) is 26.9 Å². The predicted molar refractivity (Wildman–Crippen MR) is 94.2 cm³/mol. The van der Waals surface area contributed by atoms with Crippen molar-refractivity contribution in [1.82, 2.24) is 20.3 Å². The summed E-state index contributed by atoms with van der Waals surface area (Å²) in [5, 5.41) is 11.3. The van der Waals surface area contributed by atoms with Crippen molar-refractivity contribution in [2.45, 2.75) is 45.2 Å². The first-order chi connectivity index (χ1) is 11.7. The molecule has 1 N–H and O–H groups in total. The van der Waals surface area contributed by atoms with Crippen LogP contribution >= 0.6 is 0 Å².